The van der Waals surface area contributed by atoms with Gasteiger partial charge in [0, 0.05) is 17.1 Å². The third kappa shape index (κ3) is 7.12. The van der Waals surface area contributed by atoms with Gasteiger partial charge in [0.1, 0.15) is 12.6 Å². The monoisotopic (exact) mass is 625 g/mol. The molecule has 0 bridgehead atoms. The van der Waals surface area contributed by atoms with Crippen molar-refractivity contribution in [1.29, 1.82) is 0 Å². The first-order valence-electron chi connectivity index (χ1n) is 13.6. The van der Waals surface area contributed by atoms with E-state index in [-0.39, 0.29) is 23.4 Å². The van der Waals surface area contributed by atoms with E-state index in [1.54, 1.807) is 31.2 Å². The average Bonchev–Trinajstić information content (AvgIpc) is 3.45. The lowest BCUT2D eigenvalue weighted by molar-refractivity contribution is -0.139. The summed E-state index contributed by atoms with van der Waals surface area (Å²) in [5, 5.41) is 3.09. The Hall–Kier alpha value is -3.17. The number of amides is 2. The van der Waals surface area contributed by atoms with Gasteiger partial charge in [-0.2, -0.15) is 0 Å². The number of benzene rings is 3. The Labute approximate surface area is 245 Å². The van der Waals surface area contributed by atoms with Crippen LogP contribution in [0.25, 0.3) is 0 Å². The summed E-state index contributed by atoms with van der Waals surface area (Å²) in [5.74, 6) is -0.696. The van der Waals surface area contributed by atoms with Gasteiger partial charge in [0.2, 0.25) is 11.8 Å². The minimum atomic E-state index is -4.08. The van der Waals surface area contributed by atoms with Crippen LogP contribution in [0.4, 0.5) is 5.69 Å². The first-order valence-corrected chi connectivity index (χ1v) is 15.8. The highest BCUT2D eigenvalue weighted by molar-refractivity contribution is 9.10. The summed E-state index contributed by atoms with van der Waals surface area (Å²) in [5.41, 5.74) is 2.98. The minimum absolute atomic E-state index is 0.0919. The van der Waals surface area contributed by atoms with Gasteiger partial charge in [0.05, 0.1) is 10.6 Å². The van der Waals surface area contributed by atoms with Crippen molar-refractivity contribution in [3.63, 3.8) is 0 Å². The smallest absolute Gasteiger partial charge is 0.264 e. The summed E-state index contributed by atoms with van der Waals surface area (Å²) in [6, 6.07) is 20.4. The van der Waals surface area contributed by atoms with Gasteiger partial charge in [-0.1, -0.05) is 76.8 Å². The number of anilines is 1. The number of nitrogens with one attached hydrogen (secondary N) is 1. The molecule has 1 saturated carbocycles. The predicted octanol–water partition coefficient (Wildman–Crippen LogP) is 5.74. The number of carbonyl (C=O) groups excluding carboxylic acids is 2. The van der Waals surface area contributed by atoms with E-state index in [9.17, 15) is 18.0 Å². The molecular formula is C31H36BrN3O4S. The van der Waals surface area contributed by atoms with E-state index in [1.807, 2.05) is 50.2 Å². The Bertz CT molecular complexity index is 1440. The molecule has 0 saturated heterocycles. The van der Waals surface area contributed by atoms with Gasteiger partial charge in [-0.15, -0.1) is 0 Å². The summed E-state index contributed by atoms with van der Waals surface area (Å²) in [4.78, 5) is 28.9. The van der Waals surface area contributed by atoms with Crippen LogP contribution in [-0.4, -0.2) is 43.8 Å². The summed E-state index contributed by atoms with van der Waals surface area (Å²) in [7, 11) is -4.08. The molecule has 0 radical (unpaired) electrons. The van der Waals surface area contributed by atoms with Crippen molar-refractivity contribution in [2.45, 2.75) is 70.0 Å². The summed E-state index contributed by atoms with van der Waals surface area (Å²) < 4.78 is 29.9. The fourth-order valence-electron chi connectivity index (χ4n) is 5.08. The Kier molecular flexibility index (Phi) is 9.68. The largest absolute Gasteiger partial charge is 0.352 e. The average molecular weight is 627 g/mol. The first-order chi connectivity index (χ1) is 19.1. The number of aryl methyl sites for hydroxylation is 2. The molecule has 0 aromatic heterocycles. The molecule has 3 aromatic carbocycles. The molecule has 1 aliphatic rings. The molecule has 1 N–H and O–H groups in total. The normalized spacial score (nSPS) is 14.5. The molecule has 3 aromatic rings. The van der Waals surface area contributed by atoms with E-state index in [4.69, 9.17) is 0 Å². The zero-order valence-corrected chi connectivity index (χ0v) is 25.5. The maximum atomic E-state index is 14.1. The quantitative estimate of drug-likeness (QED) is 0.311. The van der Waals surface area contributed by atoms with E-state index in [2.05, 4.69) is 21.2 Å². The van der Waals surface area contributed by atoms with Crippen LogP contribution >= 0.6 is 15.9 Å². The highest BCUT2D eigenvalue weighted by Crippen LogP contribution is 2.28. The van der Waals surface area contributed by atoms with Crippen LogP contribution in [0.3, 0.4) is 0 Å². The van der Waals surface area contributed by atoms with Gasteiger partial charge in [-0.05, 0) is 75.1 Å². The van der Waals surface area contributed by atoms with Crippen molar-refractivity contribution in [2.24, 2.45) is 0 Å². The molecule has 1 atom stereocenters. The Morgan fingerprint density at radius 1 is 0.975 bits per heavy atom. The molecule has 1 fully saturated rings. The van der Waals surface area contributed by atoms with Crippen LogP contribution in [0.5, 0.6) is 0 Å². The minimum Gasteiger partial charge on any atom is -0.352 e. The van der Waals surface area contributed by atoms with Gasteiger partial charge >= 0.3 is 0 Å². The summed E-state index contributed by atoms with van der Waals surface area (Å²) in [6.07, 6.45) is 4.00. The third-order valence-electron chi connectivity index (χ3n) is 7.37. The molecule has 2 amide bonds. The topological polar surface area (TPSA) is 86.8 Å². The second-order valence-corrected chi connectivity index (χ2v) is 13.2. The molecule has 40 heavy (non-hydrogen) atoms. The number of sulfonamides is 1. The van der Waals surface area contributed by atoms with Crippen molar-refractivity contribution in [1.82, 2.24) is 10.2 Å². The SMILES string of the molecule is Cc1ccc(N(CC(=O)N(Cc2ccc(Br)cc2)[C@H](C)C(=O)NC2CCCC2)S(=O)(=O)c2ccccc2)c(C)c1. The van der Waals surface area contributed by atoms with E-state index in [1.165, 1.54) is 17.0 Å². The van der Waals surface area contributed by atoms with Crippen molar-refractivity contribution in [2.75, 3.05) is 10.8 Å². The van der Waals surface area contributed by atoms with Gasteiger partial charge in [-0.25, -0.2) is 8.42 Å². The molecule has 212 valence electrons. The van der Waals surface area contributed by atoms with Crippen LogP contribution in [0, 0.1) is 13.8 Å². The van der Waals surface area contributed by atoms with Crippen molar-refractivity contribution in [3.05, 3.63) is 94.0 Å². The fourth-order valence-corrected chi connectivity index (χ4v) is 6.84. The molecular weight excluding hydrogens is 590 g/mol. The number of carbonyl (C=O) groups is 2. The number of hydrogen-bond donors (Lipinski definition) is 1. The Morgan fingerprint density at radius 3 is 2.25 bits per heavy atom. The predicted molar refractivity (Wildman–Crippen MR) is 161 cm³/mol. The molecule has 0 aliphatic heterocycles. The maximum absolute atomic E-state index is 14.1. The second kappa shape index (κ2) is 13.0. The first kappa shape index (κ1) is 29.8. The van der Waals surface area contributed by atoms with Crippen LogP contribution in [0.2, 0.25) is 0 Å². The number of nitrogens with zero attached hydrogens (tertiary/aromatic N) is 2. The van der Waals surface area contributed by atoms with Gasteiger partial charge in [0.25, 0.3) is 10.0 Å². The van der Waals surface area contributed by atoms with E-state index in [0.717, 1.165) is 51.2 Å². The zero-order valence-electron chi connectivity index (χ0n) is 23.1. The van der Waals surface area contributed by atoms with Crippen LogP contribution in [0.15, 0.2) is 82.2 Å². The number of rotatable bonds is 10. The molecule has 0 heterocycles. The summed E-state index contributed by atoms with van der Waals surface area (Å²) in [6.45, 7) is 5.19. The maximum Gasteiger partial charge on any atom is 0.264 e. The molecule has 4 rings (SSSR count). The van der Waals surface area contributed by atoms with Crippen molar-refractivity contribution < 1.29 is 18.0 Å². The molecule has 7 nitrogen and oxygen atoms in total. The summed E-state index contributed by atoms with van der Waals surface area (Å²) >= 11 is 3.44. The fraction of sp³-hybridized carbons (Fsp3) is 0.355. The molecule has 9 heteroatoms. The number of hydrogen-bond acceptors (Lipinski definition) is 4. The zero-order chi connectivity index (χ0) is 28.9. The third-order valence-corrected chi connectivity index (χ3v) is 9.67. The highest BCUT2D eigenvalue weighted by atomic mass is 79.9. The van der Waals surface area contributed by atoms with Crippen LogP contribution in [-0.2, 0) is 26.2 Å². The molecule has 0 unspecified atom stereocenters. The standard InChI is InChI=1S/C31H36BrN3O4S/c1-22-13-18-29(23(2)19-22)35(40(38,39)28-11-5-4-6-12-28)21-30(36)34(20-25-14-16-26(32)17-15-25)24(3)31(37)33-27-9-7-8-10-27/h4-6,11-19,24,27H,7-10,20-21H2,1-3H3,(H,33,37)/t24-/m1/s1. The Morgan fingerprint density at radius 2 is 1.62 bits per heavy atom. The molecule has 1 aliphatic carbocycles. The van der Waals surface area contributed by atoms with Crippen LogP contribution < -0.4 is 9.62 Å². The second-order valence-electron chi connectivity index (χ2n) is 10.4. The van der Waals surface area contributed by atoms with E-state index in [0.29, 0.717) is 5.69 Å². The number of halogens is 1. The Balaban J connectivity index is 1.70. The highest BCUT2D eigenvalue weighted by Gasteiger charge is 2.33. The lowest BCUT2D eigenvalue weighted by Gasteiger charge is -2.33. The molecule has 0 spiro atoms. The van der Waals surface area contributed by atoms with Crippen LogP contribution in [0.1, 0.15) is 49.3 Å². The van der Waals surface area contributed by atoms with Gasteiger partial charge in [-0.3, -0.25) is 13.9 Å². The van der Waals surface area contributed by atoms with Gasteiger partial charge < -0.3 is 10.2 Å². The lowest BCUT2D eigenvalue weighted by atomic mass is 10.1. The van der Waals surface area contributed by atoms with E-state index < -0.39 is 28.5 Å². The lowest BCUT2D eigenvalue weighted by Crippen LogP contribution is -2.52. The van der Waals surface area contributed by atoms with Crippen molar-refractivity contribution >= 4 is 43.5 Å². The van der Waals surface area contributed by atoms with E-state index >= 15 is 0 Å². The van der Waals surface area contributed by atoms with Gasteiger partial charge in [0.15, 0.2) is 0 Å². The van der Waals surface area contributed by atoms with Crippen molar-refractivity contribution in [3.8, 4) is 0 Å².